The zero-order valence-electron chi connectivity index (χ0n) is 8.00. The summed E-state index contributed by atoms with van der Waals surface area (Å²) in [6.07, 6.45) is -1.83. The molecule has 0 saturated heterocycles. The number of hydrogen-bond donors (Lipinski definition) is 2. The van der Waals surface area contributed by atoms with E-state index in [9.17, 15) is 13.6 Å². The summed E-state index contributed by atoms with van der Waals surface area (Å²) < 4.78 is 25.0. The van der Waals surface area contributed by atoms with Crippen LogP contribution < -0.4 is 5.73 Å². The van der Waals surface area contributed by atoms with Gasteiger partial charge < -0.3 is 10.8 Å². The minimum atomic E-state index is -2.70. The Bertz CT molecular complexity index is 394. The van der Waals surface area contributed by atoms with E-state index in [2.05, 4.69) is 4.98 Å². The summed E-state index contributed by atoms with van der Waals surface area (Å²) in [7, 11) is 0. The maximum absolute atomic E-state index is 12.5. The number of carboxylic acid groups (broad SMARTS) is 1. The molecule has 4 nitrogen and oxygen atoms in total. The highest BCUT2D eigenvalue weighted by Crippen LogP contribution is 2.25. The highest BCUT2D eigenvalue weighted by molar-refractivity contribution is 5.87. The predicted molar refractivity (Wildman–Crippen MR) is 48.8 cm³/mol. The van der Waals surface area contributed by atoms with Gasteiger partial charge in [-0.15, -0.1) is 0 Å². The molecule has 1 aromatic rings. The molecule has 0 saturated carbocycles. The third-order valence-corrected chi connectivity index (χ3v) is 2.13. The van der Waals surface area contributed by atoms with Crippen molar-refractivity contribution in [1.82, 2.24) is 4.98 Å². The fourth-order valence-electron chi connectivity index (χ4n) is 1.34. The van der Waals surface area contributed by atoms with E-state index in [1.54, 1.807) is 0 Å². The van der Waals surface area contributed by atoms with Gasteiger partial charge in [0.2, 0.25) is 0 Å². The Morgan fingerprint density at radius 1 is 1.67 bits per heavy atom. The molecule has 6 heteroatoms. The highest BCUT2D eigenvalue weighted by Gasteiger charge is 2.19. The van der Waals surface area contributed by atoms with Gasteiger partial charge in [-0.2, -0.15) is 0 Å². The number of rotatable bonds is 3. The Balaban J connectivity index is 3.39. The number of nitrogens with zero attached hydrogens (tertiary/aromatic N) is 1. The molecule has 0 aliphatic rings. The average molecular weight is 216 g/mol. The molecule has 0 radical (unpaired) electrons. The molecule has 0 aliphatic carbocycles. The Morgan fingerprint density at radius 2 is 2.27 bits per heavy atom. The predicted octanol–water partition coefficient (Wildman–Crippen LogP) is 1.48. The van der Waals surface area contributed by atoms with Crippen LogP contribution in [0.15, 0.2) is 6.20 Å². The van der Waals surface area contributed by atoms with Crippen LogP contribution in [0.2, 0.25) is 0 Å². The molecule has 0 aliphatic heterocycles. The van der Waals surface area contributed by atoms with Gasteiger partial charge in [-0.05, 0) is 18.1 Å². The number of aromatic carboxylic acids is 1. The Kier molecular flexibility index (Phi) is 3.31. The lowest BCUT2D eigenvalue weighted by molar-refractivity contribution is 0.0688. The molecule has 0 bridgehead atoms. The highest BCUT2D eigenvalue weighted by atomic mass is 19.3. The lowest BCUT2D eigenvalue weighted by Crippen LogP contribution is -2.12. The molecule has 0 amide bonds. The topological polar surface area (TPSA) is 76.2 Å². The largest absolute Gasteiger partial charge is 0.477 e. The fourth-order valence-corrected chi connectivity index (χ4v) is 1.34. The second-order valence-electron chi connectivity index (χ2n) is 2.98. The molecule has 15 heavy (non-hydrogen) atoms. The van der Waals surface area contributed by atoms with E-state index >= 15 is 0 Å². The van der Waals surface area contributed by atoms with Crippen LogP contribution in [0.3, 0.4) is 0 Å². The van der Waals surface area contributed by atoms with E-state index in [1.807, 2.05) is 0 Å². The number of carboxylic acids is 1. The molecular weight excluding hydrogens is 206 g/mol. The number of pyridine rings is 1. The van der Waals surface area contributed by atoms with Gasteiger partial charge in [0, 0.05) is 18.3 Å². The van der Waals surface area contributed by atoms with Crippen molar-refractivity contribution < 1.29 is 18.7 Å². The fraction of sp³-hybridized carbons (Fsp3) is 0.333. The standard InChI is InChI=1S/C9H10F2N2O2/c1-4-5(2-12)6(8(10)11)3-13-7(4)9(14)15/h3,8H,2,12H2,1H3,(H,14,15). The summed E-state index contributed by atoms with van der Waals surface area (Å²) in [5, 5.41) is 8.72. The van der Waals surface area contributed by atoms with Crippen molar-refractivity contribution >= 4 is 5.97 Å². The summed E-state index contributed by atoms with van der Waals surface area (Å²) in [5.74, 6) is -1.25. The van der Waals surface area contributed by atoms with E-state index in [0.717, 1.165) is 6.20 Å². The van der Waals surface area contributed by atoms with Crippen LogP contribution in [0.5, 0.6) is 0 Å². The van der Waals surface area contributed by atoms with Crippen LogP contribution in [0, 0.1) is 6.92 Å². The van der Waals surface area contributed by atoms with Crippen molar-refractivity contribution in [1.29, 1.82) is 0 Å². The van der Waals surface area contributed by atoms with Gasteiger partial charge >= 0.3 is 5.97 Å². The third-order valence-electron chi connectivity index (χ3n) is 2.13. The second-order valence-corrected chi connectivity index (χ2v) is 2.98. The lowest BCUT2D eigenvalue weighted by atomic mass is 10.0. The molecule has 0 spiro atoms. The van der Waals surface area contributed by atoms with E-state index in [1.165, 1.54) is 6.92 Å². The quantitative estimate of drug-likeness (QED) is 0.802. The van der Waals surface area contributed by atoms with Crippen LogP contribution in [0.25, 0.3) is 0 Å². The Labute approximate surface area is 84.7 Å². The lowest BCUT2D eigenvalue weighted by Gasteiger charge is -2.11. The maximum atomic E-state index is 12.5. The number of aromatic nitrogens is 1. The summed E-state index contributed by atoms with van der Waals surface area (Å²) in [5.41, 5.74) is 5.11. The van der Waals surface area contributed by atoms with Gasteiger partial charge in [-0.3, -0.25) is 0 Å². The number of halogens is 2. The molecule has 0 aromatic carbocycles. The minimum Gasteiger partial charge on any atom is -0.477 e. The smallest absolute Gasteiger partial charge is 0.354 e. The zero-order chi connectivity index (χ0) is 11.6. The van der Waals surface area contributed by atoms with E-state index < -0.39 is 12.4 Å². The molecule has 1 rings (SSSR count). The van der Waals surface area contributed by atoms with Crippen molar-refractivity contribution in [3.05, 3.63) is 28.6 Å². The summed E-state index contributed by atoms with van der Waals surface area (Å²) >= 11 is 0. The Hall–Kier alpha value is -1.56. The number of nitrogens with two attached hydrogens (primary N) is 1. The van der Waals surface area contributed by atoms with Crippen molar-refractivity contribution in [2.45, 2.75) is 19.9 Å². The molecule has 1 heterocycles. The first-order valence-corrected chi connectivity index (χ1v) is 4.19. The molecular formula is C9H10F2N2O2. The number of hydrogen-bond acceptors (Lipinski definition) is 3. The first-order valence-electron chi connectivity index (χ1n) is 4.19. The maximum Gasteiger partial charge on any atom is 0.354 e. The number of carbonyl (C=O) groups is 1. The third kappa shape index (κ3) is 2.10. The van der Waals surface area contributed by atoms with Crippen LogP contribution in [-0.4, -0.2) is 16.1 Å². The van der Waals surface area contributed by atoms with Crippen LogP contribution in [0.4, 0.5) is 8.78 Å². The van der Waals surface area contributed by atoms with E-state index in [0.29, 0.717) is 0 Å². The summed E-state index contributed by atoms with van der Waals surface area (Å²) in [6.45, 7) is 1.29. The van der Waals surface area contributed by atoms with Crippen molar-refractivity contribution in [2.24, 2.45) is 5.73 Å². The summed E-state index contributed by atoms with van der Waals surface area (Å²) in [6, 6.07) is 0. The van der Waals surface area contributed by atoms with Crippen molar-refractivity contribution in [3.63, 3.8) is 0 Å². The Morgan fingerprint density at radius 3 is 2.67 bits per heavy atom. The normalized spacial score (nSPS) is 10.7. The molecule has 82 valence electrons. The van der Waals surface area contributed by atoms with E-state index in [4.69, 9.17) is 10.8 Å². The number of alkyl halides is 2. The van der Waals surface area contributed by atoms with Gasteiger partial charge in [0.25, 0.3) is 6.43 Å². The van der Waals surface area contributed by atoms with Gasteiger partial charge in [0.1, 0.15) is 0 Å². The van der Waals surface area contributed by atoms with E-state index in [-0.39, 0.29) is 28.9 Å². The molecule has 1 aromatic heterocycles. The molecule has 3 N–H and O–H groups in total. The second kappa shape index (κ2) is 4.31. The summed E-state index contributed by atoms with van der Waals surface area (Å²) in [4.78, 5) is 14.2. The monoisotopic (exact) mass is 216 g/mol. The molecule has 0 fully saturated rings. The molecule has 0 unspecified atom stereocenters. The first kappa shape index (κ1) is 11.5. The van der Waals surface area contributed by atoms with Gasteiger partial charge in [-0.25, -0.2) is 18.6 Å². The first-order chi connectivity index (χ1) is 6.99. The van der Waals surface area contributed by atoms with Crippen molar-refractivity contribution in [3.8, 4) is 0 Å². The van der Waals surface area contributed by atoms with Gasteiger partial charge in [-0.1, -0.05) is 0 Å². The zero-order valence-corrected chi connectivity index (χ0v) is 8.00. The average Bonchev–Trinajstić information content (AvgIpc) is 2.16. The van der Waals surface area contributed by atoms with Crippen LogP contribution in [-0.2, 0) is 6.54 Å². The SMILES string of the molecule is Cc1c(C(=O)O)ncc(C(F)F)c1CN. The van der Waals surface area contributed by atoms with Gasteiger partial charge in [0.15, 0.2) is 5.69 Å². The minimum absolute atomic E-state index is 0.131. The van der Waals surface area contributed by atoms with Crippen molar-refractivity contribution in [2.75, 3.05) is 0 Å². The molecule has 0 atom stereocenters. The van der Waals surface area contributed by atoms with Gasteiger partial charge in [0.05, 0.1) is 0 Å². The van der Waals surface area contributed by atoms with Crippen LogP contribution >= 0.6 is 0 Å². The van der Waals surface area contributed by atoms with Crippen LogP contribution in [0.1, 0.15) is 33.6 Å².